The summed E-state index contributed by atoms with van der Waals surface area (Å²) < 4.78 is 37.2. The van der Waals surface area contributed by atoms with E-state index in [1.165, 1.54) is 26.4 Å². The molecule has 0 saturated heterocycles. The van der Waals surface area contributed by atoms with Gasteiger partial charge in [-0.25, -0.2) is 13.1 Å². The van der Waals surface area contributed by atoms with Gasteiger partial charge in [-0.2, -0.15) is 0 Å². The maximum absolute atomic E-state index is 12.2. The molecule has 20 heavy (non-hydrogen) atoms. The van der Waals surface area contributed by atoms with E-state index in [1.54, 1.807) is 0 Å². The van der Waals surface area contributed by atoms with Gasteiger partial charge in [0.15, 0.2) is 0 Å². The predicted molar refractivity (Wildman–Crippen MR) is 78.7 cm³/mol. The summed E-state index contributed by atoms with van der Waals surface area (Å²) in [6, 6.07) is 2.82. The van der Waals surface area contributed by atoms with Crippen LogP contribution in [0.3, 0.4) is 0 Å². The summed E-state index contributed by atoms with van der Waals surface area (Å²) in [6.07, 6.45) is 2.80. The van der Waals surface area contributed by atoms with Crippen molar-refractivity contribution in [3.63, 3.8) is 0 Å². The molecule has 0 bridgehead atoms. The van der Waals surface area contributed by atoms with Crippen LogP contribution >= 0.6 is 0 Å². The molecule has 0 saturated carbocycles. The minimum Gasteiger partial charge on any atom is -0.495 e. The molecule has 1 aromatic rings. The Morgan fingerprint density at radius 3 is 2.35 bits per heavy atom. The SMILES string of the molecule is CCCCCNS(=O)(=O)c1cc(N)c(OC)cc1OC. The van der Waals surface area contributed by atoms with Gasteiger partial charge in [-0.05, 0) is 12.5 Å². The van der Waals surface area contributed by atoms with E-state index in [1.807, 2.05) is 0 Å². The topological polar surface area (TPSA) is 90.7 Å². The number of hydrogen-bond acceptors (Lipinski definition) is 5. The first-order valence-electron chi connectivity index (χ1n) is 6.47. The second-order valence-electron chi connectivity index (χ2n) is 4.35. The fraction of sp³-hybridized carbons (Fsp3) is 0.538. The number of hydrogen-bond donors (Lipinski definition) is 2. The van der Waals surface area contributed by atoms with Gasteiger partial charge in [-0.1, -0.05) is 19.8 Å². The molecule has 0 aliphatic carbocycles. The van der Waals surface area contributed by atoms with Gasteiger partial charge in [-0.3, -0.25) is 0 Å². The first-order chi connectivity index (χ1) is 9.46. The zero-order chi connectivity index (χ0) is 15.2. The number of sulfonamides is 1. The predicted octanol–water partition coefficient (Wildman–Crippen LogP) is 1.75. The van der Waals surface area contributed by atoms with Gasteiger partial charge in [0, 0.05) is 12.6 Å². The third-order valence-electron chi connectivity index (χ3n) is 2.88. The van der Waals surface area contributed by atoms with Crippen LogP contribution in [0, 0.1) is 0 Å². The van der Waals surface area contributed by atoms with Crippen molar-refractivity contribution < 1.29 is 17.9 Å². The number of nitrogen functional groups attached to an aromatic ring is 1. The fourth-order valence-electron chi connectivity index (χ4n) is 1.76. The van der Waals surface area contributed by atoms with E-state index >= 15 is 0 Å². The van der Waals surface area contributed by atoms with Gasteiger partial charge in [-0.15, -0.1) is 0 Å². The lowest BCUT2D eigenvalue weighted by Gasteiger charge is -2.13. The van der Waals surface area contributed by atoms with Crippen LogP contribution in [0.15, 0.2) is 17.0 Å². The van der Waals surface area contributed by atoms with Crippen LogP contribution in [0.1, 0.15) is 26.2 Å². The molecule has 0 aromatic heterocycles. The number of anilines is 1. The average molecular weight is 302 g/mol. The Morgan fingerprint density at radius 1 is 1.15 bits per heavy atom. The Labute approximate surface area is 120 Å². The lowest BCUT2D eigenvalue weighted by Crippen LogP contribution is -2.25. The van der Waals surface area contributed by atoms with E-state index < -0.39 is 10.0 Å². The zero-order valence-corrected chi connectivity index (χ0v) is 12.9. The molecule has 0 aliphatic rings. The van der Waals surface area contributed by atoms with E-state index in [2.05, 4.69) is 11.6 Å². The van der Waals surface area contributed by atoms with Crippen molar-refractivity contribution in [2.75, 3.05) is 26.5 Å². The Bertz CT molecular complexity index is 544. The largest absolute Gasteiger partial charge is 0.495 e. The summed E-state index contributed by atoms with van der Waals surface area (Å²) in [6.45, 7) is 2.45. The van der Waals surface area contributed by atoms with Gasteiger partial charge in [0.05, 0.1) is 19.9 Å². The number of methoxy groups -OCH3 is 2. The Kier molecular flexibility index (Phi) is 6.09. The average Bonchev–Trinajstić information content (AvgIpc) is 2.43. The molecule has 0 atom stereocenters. The van der Waals surface area contributed by atoms with Crippen LogP contribution in [0.2, 0.25) is 0 Å². The van der Waals surface area contributed by atoms with Crippen molar-refractivity contribution in [2.45, 2.75) is 31.1 Å². The molecular weight excluding hydrogens is 280 g/mol. The van der Waals surface area contributed by atoms with Crippen molar-refractivity contribution in [1.29, 1.82) is 0 Å². The first-order valence-corrected chi connectivity index (χ1v) is 7.95. The highest BCUT2D eigenvalue weighted by Gasteiger charge is 2.21. The normalized spacial score (nSPS) is 11.3. The van der Waals surface area contributed by atoms with Crippen molar-refractivity contribution in [1.82, 2.24) is 4.72 Å². The fourth-order valence-corrected chi connectivity index (χ4v) is 3.02. The van der Waals surface area contributed by atoms with Gasteiger partial charge >= 0.3 is 0 Å². The molecule has 3 N–H and O–H groups in total. The maximum Gasteiger partial charge on any atom is 0.244 e. The highest BCUT2D eigenvalue weighted by molar-refractivity contribution is 7.89. The summed E-state index contributed by atoms with van der Waals surface area (Å²) in [5.74, 6) is 0.589. The molecule has 1 aromatic carbocycles. The third kappa shape index (κ3) is 4.01. The van der Waals surface area contributed by atoms with Crippen LogP contribution < -0.4 is 19.9 Å². The van der Waals surface area contributed by atoms with Crippen molar-refractivity contribution in [3.05, 3.63) is 12.1 Å². The van der Waals surface area contributed by atoms with Gasteiger partial charge in [0.25, 0.3) is 0 Å². The molecule has 114 valence electrons. The van der Waals surface area contributed by atoms with Crippen molar-refractivity contribution in [3.8, 4) is 11.5 Å². The molecule has 0 unspecified atom stereocenters. The molecule has 0 amide bonds. The standard InChI is InChI=1S/C13H22N2O4S/c1-4-5-6-7-15-20(16,17)13-8-10(14)11(18-2)9-12(13)19-3/h8-9,15H,4-7,14H2,1-3H3. The lowest BCUT2D eigenvalue weighted by molar-refractivity contribution is 0.387. The van der Waals surface area contributed by atoms with Crippen LogP contribution in [0.4, 0.5) is 5.69 Å². The summed E-state index contributed by atoms with van der Waals surface area (Å²) in [5, 5.41) is 0. The molecule has 7 heteroatoms. The van der Waals surface area contributed by atoms with Crippen molar-refractivity contribution >= 4 is 15.7 Å². The molecule has 0 radical (unpaired) electrons. The highest BCUT2D eigenvalue weighted by Crippen LogP contribution is 2.33. The second-order valence-corrected chi connectivity index (χ2v) is 6.09. The Hall–Kier alpha value is -1.47. The number of nitrogens with one attached hydrogen (secondary N) is 1. The molecule has 0 aliphatic heterocycles. The minimum atomic E-state index is -3.64. The summed E-state index contributed by atoms with van der Waals surface area (Å²) in [5.41, 5.74) is 6.01. The van der Waals surface area contributed by atoms with E-state index in [4.69, 9.17) is 15.2 Å². The van der Waals surface area contributed by atoms with Gasteiger partial charge in [0.2, 0.25) is 10.0 Å². The molecular formula is C13H22N2O4S. The third-order valence-corrected chi connectivity index (χ3v) is 4.36. The number of unbranched alkanes of at least 4 members (excludes halogenated alkanes) is 2. The van der Waals surface area contributed by atoms with Crippen LogP contribution in [0.25, 0.3) is 0 Å². The van der Waals surface area contributed by atoms with E-state index in [9.17, 15) is 8.42 Å². The highest BCUT2D eigenvalue weighted by atomic mass is 32.2. The minimum absolute atomic E-state index is 0.0230. The van der Waals surface area contributed by atoms with Gasteiger partial charge in [0.1, 0.15) is 16.4 Å². The van der Waals surface area contributed by atoms with Crippen LogP contribution in [0.5, 0.6) is 11.5 Å². The number of rotatable bonds is 8. The summed E-state index contributed by atoms with van der Waals surface area (Å²) in [4.78, 5) is 0.0230. The summed E-state index contributed by atoms with van der Waals surface area (Å²) >= 11 is 0. The quantitative estimate of drug-likeness (QED) is 0.564. The van der Waals surface area contributed by atoms with Gasteiger partial charge < -0.3 is 15.2 Å². The maximum atomic E-state index is 12.2. The summed E-state index contributed by atoms with van der Waals surface area (Å²) in [7, 11) is -0.777. The Morgan fingerprint density at radius 2 is 1.80 bits per heavy atom. The smallest absolute Gasteiger partial charge is 0.244 e. The van der Waals surface area contributed by atoms with Crippen LogP contribution in [-0.4, -0.2) is 29.2 Å². The molecule has 0 spiro atoms. The monoisotopic (exact) mass is 302 g/mol. The van der Waals surface area contributed by atoms with E-state index in [0.29, 0.717) is 12.3 Å². The zero-order valence-electron chi connectivity index (χ0n) is 12.1. The van der Waals surface area contributed by atoms with Crippen LogP contribution in [-0.2, 0) is 10.0 Å². The number of benzene rings is 1. The first kappa shape index (κ1) is 16.6. The molecule has 0 heterocycles. The van der Waals surface area contributed by atoms with E-state index in [0.717, 1.165) is 19.3 Å². The molecule has 0 fully saturated rings. The number of nitrogens with two attached hydrogens (primary N) is 1. The second kappa shape index (κ2) is 7.35. The number of ether oxygens (including phenoxy) is 2. The molecule has 6 nitrogen and oxygen atoms in total. The van der Waals surface area contributed by atoms with Crippen molar-refractivity contribution in [2.24, 2.45) is 0 Å². The lowest BCUT2D eigenvalue weighted by atomic mass is 10.3. The Balaban J connectivity index is 3.01. The molecule has 1 rings (SSSR count). The van der Waals surface area contributed by atoms with E-state index in [-0.39, 0.29) is 16.3 Å².